The molecule has 0 unspecified atom stereocenters. The molecule has 8 N–H and O–H groups in total. The second kappa shape index (κ2) is 46.6. The van der Waals surface area contributed by atoms with Crippen LogP contribution >= 0.6 is 79.6 Å². The summed E-state index contributed by atoms with van der Waals surface area (Å²) in [5.41, 5.74) is 8.09. The molecule has 43 heteroatoms. The van der Waals surface area contributed by atoms with Gasteiger partial charge in [0.25, 0.3) is 29.5 Å². The lowest BCUT2D eigenvalue weighted by Crippen LogP contribution is -2.47. The van der Waals surface area contributed by atoms with Crippen LogP contribution in [0.25, 0.3) is 0 Å². The smallest absolute Gasteiger partial charge is 0.395 e. The fourth-order valence-corrected chi connectivity index (χ4v) is 14.0. The van der Waals surface area contributed by atoms with E-state index in [0.29, 0.717) is 61.9 Å². The van der Waals surface area contributed by atoms with E-state index in [9.17, 15) is 96.6 Å². The first kappa shape index (κ1) is 107. The maximum absolute atomic E-state index is 15.1. The molecule has 10 aromatic rings. The van der Waals surface area contributed by atoms with Gasteiger partial charge in [-0.1, -0.05) is 0 Å². The van der Waals surface area contributed by atoms with Crippen LogP contribution in [-0.4, -0.2) is 135 Å². The van der Waals surface area contributed by atoms with E-state index in [1.807, 2.05) is 15.9 Å². The molecular formula is C84H85Br5F13N11O14. The van der Waals surface area contributed by atoms with E-state index in [2.05, 4.69) is 99.2 Å². The van der Waals surface area contributed by atoms with E-state index in [1.54, 1.807) is 79.8 Å². The molecule has 1 saturated heterocycles. The first-order valence-electron chi connectivity index (χ1n) is 37.3. The molecule has 25 nitrogen and oxygen atoms in total. The topological polar surface area (TPSA) is 324 Å². The Hall–Kier alpha value is -11.0. The van der Waals surface area contributed by atoms with Crippen molar-refractivity contribution < 1.29 is 125 Å². The number of piperidine rings is 1. The van der Waals surface area contributed by atoms with Gasteiger partial charge in [-0.15, -0.1) is 0 Å². The van der Waals surface area contributed by atoms with Gasteiger partial charge in [0.2, 0.25) is 0 Å². The van der Waals surface area contributed by atoms with Gasteiger partial charge >= 0.3 is 46.5 Å². The van der Waals surface area contributed by atoms with Crippen molar-refractivity contribution in [2.45, 2.75) is 96.9 Å². The zero-order valence-corrected chi connectivity index (χ0v) is 77.6. The van der Waals surface area contributed by atoms with Crippen molar-refractivity contribution in [3.8, 4) is 0 Å². The normalized spacial score (nSPS) is 11.9. The van der Waals surface area contributed by atoms with E-state index in [0.717, 1.165) is 33.6 Å². The molecule has 686 valence electrons. The molecule has 6 heterocycles. The van der Waals surface area contributed by atoms with Gasteiger partial charge in [-0.05, 0) is 287 Å². The van der Waals surface area contributed by atoms with Crippen molar-refractivity contribution in [3.63, 3.8) is 0 Å². The van der Waals surface area contributed by atoms with E-state index in [-0.39, 0.29) is 95.0 Å². The number of aryl methyl sites for hydroxylation is 7. The Morgan fingerprint density at radius 2 is 0.748 bits per heavy atom. The van der Waals surface area contributed by atoms with E-state index >= 15 is 8.78 Å². The third-order valence-electron chi connectivity index (χ3n) is 17.9. The standard InChI is InChI=1S/C20H21BrF3N3O3.C17H16BrF3N2O3.C17H17F3N2O3.C13H12BrFN2O.C7H8FN.C6H6BrNO2.C4H5BrF2O2/c1-11-9-12(3-4-15(11)22)25-18(29)16-10-14(21)17(26(16)2)20(23,24)19(30)27-7-5-13(28)6-8-27;1-4-26-16(25)17(20,21)14-11(18)8-13(23(14)3)15(24)22-10-5-6-12(19)9(2)7-10;1-4-25-16(24)17(19,20)14-8-7-13(22(14)3)15(23)21-11-5-6-12(18)10(2)9-11;1-8-5-10(3-4-11(8)15)16-13(18)12-6-9(14)7-17(12)2;1-5-4-6(9)2-3-7(5)8;1-8-3-4(7)2-5(8)6(9)10;1-2-9-3(8)4(5,6)7/h3-4,9-10,13,28H,5-8H2,1-2H3,(H,25,29);5-8H,4H2,1-3H3,(H,22,24);5-9H,4H2,1-3H3,(H,21,23);3-7H,1-2H3,(H,16,18);2-4H,9H2,1H3;2-3H,1H3,(H,9,10);2H2,1H3. The molecule has 0 aliphatic carbocycles. The first-order chi connectivity index (χ1) is 59.0. The predicted molar refractivity (Wildman–Crippen MR) is 464 cm³/mol. The number of ether oxygens (including phenoxy) is 3. The molecule has 1 aliphatic rings. The fourth-order valence-electron chi connectivity index (χ4n) is 11.4. The average molecular weight is 2120 g/mol. The number of aliphatic hydroxyl groups is 1. The third kappa shape index (κ3) is 29.3. The number of anilines is 5. The number of nitrogens with one attached hydrogen (secondary N) is 4. The Kier molecular flexibility index (Phi) is 39.1. The summed E-state index contributed by atoms with van der Waals surface area (Å²) in [5.74, 6) is -23.0. The highest BCUT2D eigenvalue weighted by Gasteiger charge is 2.50. The molecule has 5 aromatic heterocycles. The predicted octanol–water partition coefficient (Wildman–Crippen LogP) is 19.3. The number of nitrogens with two attached hydrogens (primary N) is 1. The molecule has 5 amide bonds. The van der Waals surface area contributed by atoms with Crippen LogP contribution in [0, 0.1) is 63.7 Å². The minimum Gasteiger partial charge on any atom is -0.477 e. The van der Waals surface area contributed by atoms with Gasteiger partial charge in [0, 0.05) is 123 Å². The van der Waals surface area contributed by atoms with Crippen molar-refractivity contribution in [3.05, 3.63) is 260 Å². The number of nitrogen functional groups attached to an aromatic ring is 1. The minimum absolute atomic E-state index is 0.0366. The number of hydrogen-bond donors (Lipinski definition) is 7. The van der Waals surface area contributed by atoms with Crippen molar-refractivity contribution in [2.24, 2.45) is 35.2 Å². The number of likely N-dealkylation sites (tertiary alicyclic amines) is 1. The number of carbonyl (C=O) groups excluding carboxylic acids is 8. The van der Waals surface area contributed by atoms with Crippen molar-refractivity contribution in [1.82, 2.24) is 27.7 Å². The molecule has 0 bridgehead atoms. The lowest BCUT2D eigenvalue weighted by atomic mass is 10.1. The number of carboxylic acid groups (broad SMARTS) is 1. The fraction of sp³-hybridized carbons (Fsp3) is 0.298. The number of halogens is 18. The number of alkyl halides is 9. The summed E-state index contributed by atoms with van der Waals surface area (Å²) in [4.78, 5) is 103. The number of aliphatic hydroxyl groups excluding tert-OH is 1. The Bertz CT molecular complexity index is 5650. The molecule has 1 fully saturated rings. The van der Waals surface area contributed by atoms with Crippen molar-refractivity contribution in [2.75, 3.05) is 59.9 Å². The third-order valence-corrected chi connectivity index (χ3v) is 20.3. The Morgan fingerprint density at radius 1 is 0.425 bits per heavy atom. The lowest BCUT2D eigenvalue weighted by molar-refractivity contribution is -0.174. The maximum Gasteiger partial charge on any atom is 0.395 e. The van der Waals surface area contributed by atoms with E-state index in [4.69, 9.17) is 10.8 Å². The lowest BCUT2D eigenvalue weighted by Gasteiger charge is -2.32. The van der Waals surface area contributed by atoms with Crippen LogP contribution in [0.15, 0.2) is 158 Å². The highest BCUT2D eigenvalue weighted by Crippen LogP contribution is 2.40. The number of aromatic carboxylic acids is 1. The van der Waals surface area contributed by atoms with Crippen LogP contribution < -0.4 is 27.0 Å². The molecule has 0 spiro atoms. The largest absolute Gasteiger partial charge is 0.477 e. The number of amides is 5. The maximum atomic E-state index is 15.1. The monoisotopic (exact) mass is 2110 g/mol. The molecule has 0 saturated carbocycles. The van der Waals surface area contributed by atoms with E-state index in [1.165, 1.54) is 154 Å². The first-order valence-corrected chi connectivity index (χ1v) is 41.3. The Labute approximate surface area is 761 Å². The summed E-state index contributed by atoms with van der Waals surface area (Å²) < 4.78 is 196. The summed E-state index contributed by atoms with van der Waals surface area (Å²) in [7, 11) is 7.22. The van der Waals surface area contributed by atoms with Gasteiger partial charge in [0.15, 0.2) is 0 Å². The van der Waals surface area contributed by atoms with Crippen molar-refractivity contribution in [1.29, 1.82) is 0 Å². The zero-order valence-electron chi connectivity index (χ0n) is 69.7. The molecule has 5 aromatic carbocycles. The van der Waals surface area contributed by atoms with Gasteiger partial charge in [-0.3, -0.25) is 24.0 Å². The number of benzene rings is 5. The summed E-state index contributed by atoms with van der Waals surface area (Å²) >= 11 is 14.3. The number of esters is 3. The summed E-state index contributed by atoms with van der Waals surface area (Å²) in [6.07, 6.45) is 3.37. The summed E-state index contributed by atoms with van der Waals surface area (Å²) in [6.45, 7) is 11.9. The highest BCUT2D eigenvalue weighted by molar-refractivity contribution is 9.11. The van der Waals surface area contributed by atoms with Crippen LogP contribution in [0.3, 0.4) is 0 Å². The minimum atomic E-state index is -3.94. The van der Waals surface area contributed by atoms with Crippen LogP contribution in [0.4, 0.5) is 85.5 Å². The second-order valence-corrected chi connectivity index (χ2v) is 32.0. The quantitative estimate of drug-likeness (QED) is 0.0130. The number of carbonyl (C=O) groups is 9. The van der Waals surface area contributed by atoms with E-state index < -0.39 is 111 Å². The Balaban J connectivity index is 0.000000274. The molecule has 11 rings (SSSR count). The van der Waals surface area contributed by atoms with Crippen LogP contribution in [0.5, 0.6) is 0 Å². The molecule has 0 radical (unpaired) electrons. The SMILES string of the molecule is CCOC(=O)C(F)(F)Br.CCOC(=O)C(F)(F)c1c(Br)cc(C(=O)Nc2ccc(F)c(C)c2)n1C.CCOC(=O)C(F)(F)c1ccc(C(=O)Nc2ccc(F)c(C)c2)n1C.Cc1cc(N)ccc1F.Cc1cc(NC(=O)c2cc(Br)c(C(F)(F)C(=O)N3CCC(O)CC3)n2C)ccc1F.Cc1cc(NC(=O)c2cc(Br)cn2C)ccc1F.Cn1cc(Br)cc1C(=O)O. The number of rotatable bonds is 19. The molecular weight excluding hydrogens is 2030 g/mol. The van der Waals surface area contributed by atoms with Crippen molar-refractivity contribution >= 4 is 161 Å². The molecule has 1 aliphatic heterocycles. The zero-order chi connectivity index (χ0) is 96.0. The number of nitrogens with zero attached hydrogens (tertiary/aromatic N) is 6. The van der Waals surface area contributed by atoms with Crippen LogP contribution in [0.2, 0.25) is 0 Å². The number of carboxylic acids is 1. The molecule has 0 atom stereocenters. The Morgan fingerprint density at radius 3 is 1.06 bits per heavy atom. The van der Waals surface area contributed by atoms with Gasteiger partial charge in [-0.25, -0.2) is 41.1 Å². The second-order valence-electron chi connectivity index (χ2n) is 27.4. The van der Waals surface area contributed by atoms with Gasteiger partial charge in [0.05, 0.1) is 31.6 Å². The highest BCUT2D eigenvalue weighted by atomic mass is 79.9. The number of hydrogen-bond acceptors (Lipinski definition) is 14. The van der Waals surface area contributed by atoms with Crippen LogP contribution in [0.1, 0.15) is 131 Å². The van der Waals surface area contributed by atoms with Crippen LogP contribution in [-0.2, 0) is 86.4 Å². The van der Waals surface area contributed by atoms with Gasteiger partial charge in [-0.2, -0.15) is 35.1 Å². The number of aromatic nitrogens is 5. The van der Waals surface area contributed by atoms with Gasteiger partial charge < -0.3 is 79.2 Å². The van der Waals surface area contributed by atoms with Gasteiger partial charge in [0.1, 0.15) is 68.9 Å². The average Bonchev–Trinajstić information content (AvgIpc) is 1.63. The molecule has 127 heavy (non-hydrogen) atoms. The summed E-state index contributed by atoms with van der Waals surface area (Å²) in [6, 6.07) is 28.7. The summed E-state index contributed by atoms with van der Waals surface area (Å²) in [5, 5.41) is 28.3.